The van der Waals surface area contributed by atoms with Crippen LogP contribution in [0.4, 0.5) is 0 Å². The van der Waals surface area contributed by atoms with Gasteiger partial charge in [-0.2, -0.15) is 0 Å². The van der Waals surface area contributed by atoms with Crippen LogP contribution >= 0.6 is 22.7 Å². The minimum atomic E-state index is -0.364. The Labute approximate surface area is 176 Å². The fourth-order valence-corrected chi connectivity index (χ4v) is 5.30. The molecule has 0 aliphatic carbocycles. The number of benzene rings is 3. The normalized spacial score (nSPS) is 11.4. The van der Waals surface area contributed by atoms with E-state index in [0.29, 0.717) is 0 Å². The van der Waals surface area contributed by atoms with Crippen LogP contribution in [0.25, 0.3) is 20.4 Å². The third-order valence-corrected chi connectivity index (χ3v) is 6.86. The van der Waals surface area contributed by atoms with Gasteiger partial charge in [0.2, 0.25) is 6.10 Å². The van der Waals surface area contributed by atoms with Crippen molar-refractivity contribution < 1.29 is 9.47 Å². The number of rotatable bonds is 5. The van der Waals surface area contributed by atoms with E-state index in [4.69, 9.17) is 19.4 Å². The molecule has 2 aromatic heterocycles. The zero-order valence-electron chi connectivity index (χ0n) is 16.0. The first-order valence-corrected chi connectivity index (χ1v) is 10.9. The summed E-state index contributed by atoms with van der Waals surface area (Å²) < 4.78 is 14.1. The first kappa shape index (κ1) is 18.1. The van der Waals surface area contributed by atoms with E-state index in [1.807, 2.05) is 61.5 Å². The third kappa shape index (κ3) is 3.45. The van der Waals surface area contributed by atoms with Gasteiger partial charge in [0.1, 0.15) is 21.5 Å². The lowest BCUT2D eigenvalue weighted by molar-refractivity contribution is 0.244. The average Bonchev–Trinajstić information content (AvgIpc) is 3.36. The molecule has 144 valence electrons. The maximum atomic E-state index is 6.52. The lowest BCUT2D eigenvalue weighted by Crippen LogP contribution is -2.09. The number of thiazole rings is 2. The van der Waals surface area contributed by atoms with Gasteiger partial charge in [-0.15, -0.1) is 22.7 Å². The lowest BCUT2D eigenvalue weighted by atomic mass is 10.2. The predicted molar refractivity (Wildman–Crippen MR) is 119 cm³/mol. The molecule has 5 rings (SSSR count). The van der Waals surface area contributed by atoms with Crippen LogP contribution in [0.5, 0.6) is 11.5 Å². The van der Waals surface area contributed by atoms with Crippen LogP contribution < -0.4 is 9.47 Å². The van der Waals surface area contributed by atoms with E-state index in [9.17, 15) is 0 Å². The lowest BCUT2D eigenvalue weighted by Gasteiger charge is -2.17. The molecule has 0 amide bonds. The van der Waals surface area contributed by atoms with Crippen LogP contribution in [0, 0.1) is 6.92 Å². The zero-order chi connectivity index (χ0) is 19.8. The molecule has 0 atom stereocenters. The minimum Gasteiger partial charge on any atom is -0.497 e. The molecule has 0 N–H and O–H groups in total. The molecule has 3 aromatic carbocycles. The first-order chi connectivity index (χ1) is 14.2. The van der Waals surface area contributed by atoms with Gasteiger partial charge in [-0.1, -0.05) is 24.3 Å². The van der Waals surface area contributed by atoms with E-state index in [1.54, 1.807) is 29.8 Å². The van der Waals surface area contributed by atoms with E-state index < -0.39 is 0 Å². The van der Waals surface area contributed by atoms with Gasteiger partial charge in [0, 0.05) is 0 Å². The largest absolute Gasteiger partial charge is 0.497 e. The SMILES string of the molecule is COc1ccc(OC(c2nc3ccccc3s2)c2nc3ccccc3s2)c(C)c1. The van der Waals surface area contributed by atoms with Crippen LogP contribution in [-0.2, 0) is 0 Å². The van der Waals surface area contributed by atoms with Gasteiger partial charge in [-0.25, -0.2) is 9.97 Å². The monoisotopic (exact) mass is 418 g/mol. The molecular formula is C23H18N2O2S2. The molecule has 6 heteroatoms. The molecule has 0 spiro atoms. The van der Waals surface area contributed by atoms with Gasteiger partial charge in [0.15, 0.2) is 0 Å². The highest BCUT2D eigenvalue weighted by molar-refractivity contribution is 7.20. The van der Waals surface area contributed by atoms with E-state index in [-0.39, 0.29) is 6.10 Å². The number of aryl methyl sites for hydroxylation is 1. The van der Waals surface area contributed by atoms with Crippen LogP contribution in [0.2, 0.25) is 0 Å². The Bertz CT molecular complexity index is 1170. The van der Waals surface area contributed by atoms with Crippen molar-refractivity contribution >= 4 is 43.1 Å². The molecule has 29 heavy (non-hydrogen) atoms. The maximum absolute atomic E-state index is 6.52. The molecule has 0 radical (unpaired) electrons. The Balaban J connectivity index is 1.62. The maximum Gasteiger partial charge on any atom is 0.201 e. The second-order valence-corrected chi connectivity index (χ2v) is 8.79. The van der Waals surface area contributed by atoms with Crippen LogP contribution in [0.1, 0.15) is 21.7 Å². The van der Waals surface area contributed by atoms with Crippen molar-refractivity contribution in [3.8, 4) is 11.5 Å². The summed E-state index contributed by atoms with van der Waals surface area (Å²) in [5.41, 5.74) is 2.97. The number of hydrogen-bond acceptors (Lipinski definition) is 6. The molecule has 0 saturated carbocycles. The molecule has 0 aliphatic rings. The standard InChI is InChI=1S/C23H18N2O2S2/c1-14-13-15(26-2)11-12-18(14)27-21(22-24-16-7-3-5-9-19(16)28-22)23-25-17-8-4-6-10-20(17)29-23/h3-13,21H,1-2H3. The number of para-hydroxylation sites is 2. The van der Waals surface area contributed by atoms with Gasteiger partial charge in [0.25, 0.3) is 0 Å². The molecular weight excluding hydrogens is 400 g/mol. The predicted octanol–water partition coefficient (Wildman–Crippen LogP) is 6.39. The third-order valence-electron chi connectivity index (χ3n) is 4.70. The first-order valence-electron chi connectivity index (χ1n) is 9.23. The summed E-state index contributed by atoms with van der Waals surface area (Å²) in [5, 5.41) is 1.81. The van der Waals surface area contributed by atoms with Crippen LogP contribution in [0.15, 0.2) is 66.7 Å². The smallest absolute Gasteiger partial charge is 0.201 e. The second-order valence-electron chi connectivity index (χ2n) is 6.67. The molecule has 0 fully saturated rings. The van der Waals surface area contributed by atoms with Gasteiger partial charge in [0.05, 0.1) is 27.5 Å². The van der Waals surface area contributed by atoms with E-state index in [1.165, 1.54) is 0 Å². The molecule has 2 heterocycles. The summed E-state index contributed by atoms with van der Waals surface area (Å²) in [7, 11) is 1.67. The fourth-order valence-electron chi connectivity index (χ4n) is 3.22. The van der Waals surface area contributed by atoms with Gasteiger partial charge < -0.3 is 9.47 Å². The minimum absolute atomic E-state index is 0.364. The van der Waals surface area contributed by atoms with Crippen molar-refractivity contribution in [2.45, 2.75) is 13.0 Å². The molecule has 4 nitrogen and oxygen atoms in total. The van der Waals surface area contributed by atoms with E-state index in [0.717, 1.165) is 47.5 Å². The summed E-state index contributed by atoms with van der Waals surface area (Å²) >= 11 is 3.30. The van der Waals surface area contributed by atoms with Gasteiger partial charge >= 0.3 is 0 Å². The Morgan fingerprint density at radius 1 is 0.793 bits per heavy atom. The zero-order valence-corrected chi connectivity index (χ0v) is 17.6. The number of aromatic nitrogens is 2. The molecule has 5 aromatic rings. The number of fused-ring (bicyclic) bond motifs is 2. The Kier molecular flexibility index (Phi) is 4.66. The number of hydrogen-bond donors (Lipinski definition) is 0. The highest BCUT2D eigenvalue weighted by Gasteiger charge is 2.25. The molecule has 0 saturated heterocycles. The Morgan fingerprint density at radius 3 is 1.90 bits per heavy atom. The average molecular weight is 419 g/mol. The summed E-state index contributed by atoms with van der Waals surface area (Å²) in [6.07, 6.45) is -0.364. The summed E-state index contributed by atoms with van der Waals surface area (Å²) in [6.45, 7) is 2.02. The summed E-state index contributed by atoms with van der Waals surface area (Å²) in [6, 6.07) is 22.2. The summed E-state index contributed by atoms with van der Waals surface area (Å²) in [5.74, 6) is 1.61. The number of methoxy groups -OCH3 is 1. The van der Waals surface area contributed by atoms with Gasteiger partial charge in [-0.3, -0.25) is 0 Å². The van der Waals surface area contributed by atoms with Crippen LogP contribution in [-0.4, -0.2) is 17.1 Å². The van der Waals surface area contributed by atoms with Crippen LogP contribution in [0.3, 0.4) is 0 Å². The van der Waals surface area contributed by atoms with Crippen molar-refractivity contribution in [2.75, 3.05) is 7.11 Å². The fraction of sp³-hybridized carbons (Fsp3) is 0.130. The summed E-state index contributed by atoms with van der Waals surface area (Å²) in [4.78, 5) is 9.71. The van der Waals surface area contributed by atoms with Gasteiger partial charge in [-0.05, 0) is 55.0 Å². The highest BCUT2D eigenvalue weighted by atomic mass is 32.1. The topological polar surface area (TPSA) is 44.2 Å². The van der Waals surface area contributed by atoms with Crippen molar-refractivity contribution in [1.82, 2.24) is 9.97 Å². The van der Waals surface area contributed by atoms with Crippen molar-refractivity contribution in [3.05, 3.63) is 82.3 Å². The quantitative estimate of drug-likeness (QED) is 0.332. The van der Waals surface area contributed by atoms with Crippen molar-refractivity contribution in [3.63, 3.8) is 0 Å². The highest BCUT2D eigenvalue weighted by Crippen LogP contribution is 2.38. The number of ether oxygens (including phenoxy) is 2. The number of nitrogens with zero attached hydrogens (tertiary/aromatic N) is 2. The van der Waals surface area contributed by atoms with E-state index in [2.05, 4.69) is 12.1 Å². The second kappa shape index (κ2) is 7.46. The molecule has 0 bridgehead atoms. The molecule has 0 aliphatic heterocycles. The Hall–Kier alpha value is -2.96. The Morgan fingerprint density at radius 2 is 1.38 bits per heavy atom. The van der Waals surface area contributed by atoms with Crippen molar-refractivity contribution in [1.29, 1.82) is 0 Å². The van der Waals surface area contributed by atoms with E-state index >= 15 is 0 Å². The van der Waals surface area contributed by atoms with Crippen molar-refractivity contribution in [2.24, 2.45) is 0 Å². The molecule has 0 unspecified atom stereocenters.